The Kier molecular flexibility index (Phi) is 7.76. The molecule has 0 saturated carbocycles. The van der Waals surface area contributed by atoms with Crippen LogP contribution in [0.1, 0.15) is 25.3 Å². The lowest BCUT2D eigenvalue weighted by molar-refractivity contribution is -0.139. The van der Waals surface area contributed by atoms with Crippen LogP contribution in [0.5, 0.6) is 0 Å². The Balaban J connectivity index is 1.17. The van der Waals surface area contributed by atoms with Crippen LogP contribution in [0.15, 0.2) is 54.6 Å². The standard InChI is InChI=1S/C26H34FN3O2/c1-21(28-16-18-29(19-17-28)24-9-7-23(27)8-10-24)26(31)30-14-11-25(12-15-30)32-20-13-22-5-3-2-4-6-22/h2-10,21,25H,11-20H2,1H3. The Hall–Kier alpha value is -2.44. The number of benzene rings is 2. The highest BCUT2D eigenvalue weighted by Gasteiger charge is 2.31. The molecule has 0 N–H and O–H groups in total. The molecule has 0 aliphatic carbocycles. The molecule has 4 rings (SSSR count). The predicted octanol–water partition coefficient (Wildman–Crippen LogP) is 3.59. The number of halogens is 1. The van der Waals surface area contributed by atoms with E-state index in [1.807, 2.05) is 30.0 Å². The molecule has 2 saturated heterocycles. The normalized spacial score (nSPS) is 19.2. The third kappa shape index (κ3) is 5.87. The van der Waals surface area contributed by atoms with Crippen LogP contribution in [0.25, 0.3) is 0 Å². The van der Waals surface area contributed by atoms with Crippen LogP contribution in [0.3, 0.4) is 0 Å². The number of amides is 1. The fourth-order valence-electron chi connectivity index (χ4n) is 4.67. The lowest BCUT2D eigenvalue weighted by atomic mass is 10.1. The molecule has 6 heteroatoms. The van der Waals surface area contributed by atoms with Crippen LogP contribution < -0.4 is 4.90 Å². The second-order valence-electron chi connectivity index (χ2n) is 8.81. The number of hydrogen-bond acceptors (Lipinski definition) is 4. The van der Waals surface area contributed by atoms with Crippen LogP contribution in [0, 0.1) is 5.82 Å². The first kappa shape index (κ1) is 22.7. The first-order valence-corrected chi connectivity index (χ1v) is 11.8. The highest BCUT2D eigenvalue weighted by Crippen LogP contribution is 2.20. The van der Waals surface area contributed by atoms with Gasteiger partial charge in [0.2, 0.25) is 5.91 Å². The van der Waals surface area contributed by atoms with E-state index in [1.54, 1.807) is 0 Å². The monoisotopic (exact) mass is 439 g/mol. The molecule has 0 bridgehead atoms. The van der Waals surface area contributed by atoms with Crippen molar-refractivity contribution in [2.75, 3.05) is 50.8 Å². The minimum absolute atomic E-state index is 0.110. The molecule has 5 nitrogen and oxygen atoms in total. The smallest absolute Gasteiger partial charge is 0.239 e. The van der Waals surface area contributed by atoms with Crippen molar-refractivity contribution in [3.63, 3.8) is 0 Å². The predicted molar refractivity (Wildman–Crippen MR) is 125 cm³/mol. The Morgan fingerprint density at radius 3 is 2.28 bits per heavy atom. The average Bonchev–Trinajstić information content (AvgIpc) is 2.85. The van der Waals surface area contributed by atoms with Crippen LogP contribution in [-0.2, 0) is 16.0 Å². The van der Waals surface area contributed by atoms with E-state index >= 15 is 0 Å². The number of ether oxygens (including phenoxy) is 1. The van der Waals surface area contributed by atoms with E-state index in [2.05, 4.69) is 34.1 Å². The van der Waals surface area contributed by atoms with Gasteiger partial charge >= 0.3 is 0 Å². The number of rotatable bonds is 7. The van der Waals surface area contributed by atoms with Gasteiger partial charge in [0.15, 0.2) is 0 Å². The average molecular weight is 440 g/mol. The second kappa shape index (κ2) is 10.9. The molecular formula is C26H34FN3O2. The molecule has 1 amide bonds. The maximum atomic E-state index is 13.2. The Morgan fingerprint density at radius 1 is 0.969 bits per heavy atom. The third-order valence-electron chi connectivity index (χ3n) is 6.75. The summed E-state index contributed by atoms with van der Waals surface area (Å²) in [5, 5.41) is 0. The molecule has 172 valence electrons. The van der Waals surface area contributed by atoms with Gasteiger partial charge in [-0.25, -0.2) is 4.39 Å². The minimum Gasteiger partial charge on any atom is -0.378 e. The molecule has 1 unspecified atom stereocenters. The van der Waals surface area contributed by atoms with Gasteiger partial charge in [-0.2, -0.15) is 0 Å². The number of carbonyl (C=O) groups is 1. The zero-order chi connectivity index (χ0) is 22.3. The van der Waals surface area contributed by atoms with Gasteiger partial charge in [0.05, 0.1) is 18.8 Å². The molecule has 32 heavy (non-hydrogen) atoms. The van der Waals surface area contributed by atoms with E-state index in [-0.39, 0.29) is 23.9 Å². The third-order valence-corrected chi connectivity index (χ3v) is 6.75. The number of piperazine rings is 1. The molecule has 1 atom stereocenters. The van der Waals surface area contributed by atoms with Crippen molar-refractivity contribution in [1.82, 2.24) is 9.80 Å². The number of carbonyl (C=O) groups excluding carboxylic acids is 1. The Bertz CT molecular complexity index is 845. The van der Waals surface area contributed by atoms with Gasteiger partial charge in [-0.1, -0.05) is 30.3 Å². The number of anilines is 1. The van der Waals surface area contributed by atoms with Crippen LogP contribution in [-0.4, -0.2) is 73.7 Å². The summed E-state index contributed by atoms with van der Waals surface area (Å²) < 4.78 is 19.2. The Labute approximate surface area is 190 Å². The molecule has 2 aliphatic rings. The minimum atomic E-state index is -0.211. The molecule has 2 aliphatic heterocycles. The highest BCUT2D eigenvalue weighted by molar-refractivity contribution is 5.81. The van der Waals surface area contributed by atoms with Gasteiger partial charge < -0.3 is 14.5 Å². The van der Waals surface area contributed by atoms with Crippen molar-refractivity contribution >= 4 is 11.6 Å². The van der Waals surface area contributed by atoms with Crippen molar-refractivity contribution in [3.8, 4) is 0 Å². The van der Waals surface area contributed by atoms with E-state index in [1.165, 1.54) is 17.7 Å². The fourth-order valence-corrected chi connectivity index (χ4v) is 4.67. The topological polar surface area (TPSA) is 36.0 Å². The first-order valence-electron chi connectivity index (χ1n) is 11.8. The summed E-state index contributed by atoms with van der Waals surface area (Å²) in [5.74, 6) is 0.0138. The molecule has 2 aromatic rings. The quantitative estimate of drug-likeness (QED) is 0.661. The maximum absolute atomic E-state index is 13.2. The fraction of sp³-hybridized carbons (Fsp3) is 0.500. The van der Waals surface area contributed by atoms with Crippen molar-refractivity contribution in [3.05, 3.63) is 66.0 Å². The van der Waals surface area contributed by atoms with Crippen LogP contribution in [0.4, 0.5) is 10.1 Å². The summed E-state index contributed by atoms with van der Waals surface area (Å²) in [7, 11) is 0. The van der Waals surface area contributed by atoms with Crippen molar-refractivity contribution in [2.45, 2.75) is 38.3 Å². The zero-order valence-corrected chi connectivity index (χ0v) is 19.0. The summed E-state index contributed by atoms with van der Waals surface area (Å²) in [6.07, 6.45) is 3.00. The molecule has 2 heterocycles. The van der Waals surface area contributed by atoms with Gasteiger partial charge in [-0.15, -0.1) is 0 Å². The summed E-state index contributed by atoms with van der Waals surface area (Å²) in [6, 6.07) is 17.0. The van der Waals surface area contributed by atoms with E-state index < -0.39 is 0 Å². The largest absolute Gasteiger partial charge is 0.378 e. The van der Waals surface area contributed by atoms with E-state index in [0.29, 0.717) is 0 Å². The molecular weight excluding hydrogens is 405 g/mol. The SMILES string of the molecule is CC(C(=O)N1CCC(OCCc2ccccc2)CC1)N1CCN(c2ccc(F)cc2)CC1. The number of likely N-dealkylation sites (tertiary alicyclic amines) is 1. The summed E-state index contributed by atoms with van der Waals surface area (Å²) >= 11 is 0. The molecule has 2 aromatic carbocycles. The van der Waals surface area contributed by atoms with Gasteiger partial charge in [-0.3, -0.25) is 9.69 Å². The van der Waals surface area contributed by atoms with Crippen LogP contribution in [0.2, 0.25) is 0 Å². The molecule has 2 fully saturated rings. The van der Waals surface area contributed by atoms with E-state index in [0.717, 1.165) is 70.8 Å². The van der Waals surface area contributed by atoms with Crippen molar-refractivity contribution in [1.29, 1.82) is 0 Å². The number of nitrogens with zero attached hydrogens (tertiary/aromatic N) is 3. The van der Waals surface area contributed by atoms with E-state index in [9.17, 15) is 9.18 Å². The Morgan fingerprint density at radius 2 is 1.62 bits per heavy atom. The lowest BCUT2D eigenvalue weighted by Gasteiger charge is -2.41. The first-order chi connectivity index (χ1) is 15.6. The highest BCUT2D eigenvalue weighted by atomic mass is 19.1. The van der Waals surface area contributed by atoms with Gasteiger partial charge in [0.25, 0.3) is 0 Å². The number of piperidine rings is 1. The van der Waals surface area contributed by atoms with Gasteiger partial charge in [0, 0.05) is 45.0 Å². The lowest BCUT2D eigenvalue weighted by Crippen LogP contribution is -2.55. The summed E-state index contributed by atoms with van der Waals surface area (Å²) in [4.78, 5) is 19.6. The van der Waals surface area contributed by atoms with Crippen LogP contribution >= 0.6 is 0 Å². The van der Waals surface area contributed by atoms with E-state index in [4.69, 9.17) is 4.74 Å². The van der Waals surface area contributed by atoms with Crippen molar-refractivity contribution < 1.29 is 13.9 Å². The molecule has 0 spiro atoms. The summed E-state index contributed by atoms with van der Waals surface area (Å²) in [6.45, 7) is 7.67. The second-order valence-corrected chi connectivity index (χ2v) is 8.81. The maximum Gasteiger partial charge on any atom is 0.239 e. The number of hydrogen-bond donors (Lipinski definition) is 0. The summed E-state index contributed by atoms with van der Waals surface area (Å²) in [5.41, 5.74) is 2.34. The molecule has 0 aromatic heterocycles. The zero-order valence-electron chi connectivity index (χ0n) is 19.0. The van der Waals surface area contributed by atoms with Gasteiger partial charge in [-0.05, 0) is 56.0 Å². The van der Waals surface area contributed by atoms with Crippen molar-refractivity contribution in [2.24, 2.45) is 0 Å². The van der Waals surface area contributed by atoms with Gasteiger partial charge in [0.1, 0.15) is 5.82 Å². The molecule has 0 radical (unpaired) electrons.